The molecule has 2 aliphatic heterocycles. The van der Waals surface area contributed by atoms with Crippen molar-refractivity contribution in [3.63, 3.8) is 0 Å². The number of rotatable bonds is 2. The molecule has 2 heterocycles. The van der Waals surface area contributed by atoms with Gasteiger partial charge in [0.15, 0.2) is 0 Å². The summed E-state index contributed by atoms with van der Waals surface area (Å²) in [5.41, 5.74) is 0. The van der Waals surface area contributed by atoms with Gasteiger partial charge in [-0.1, -0.05) is 0 Å². The standard InChI is InChI=1S/C11H19N3O2S/c1-13-3-4-14(7-11(13)16)10(15)6-9-8-17-5-2-12-9/h9,12H,2-8H2,1H3. The van der Waals surface area contributed by atoms with Crippen LogP contribution in [0.25, 0.3) is 0 Å². The number of carbonyl (C=O) groups excluding carboxylic acids is 2. The average molecular weight is 257 g/mol. The second-order valence-corrected chi connectivity index (χ2v) is 5.71. The molecule has 0 aromatic heterocycles. The zero-order valence-corrected chi connectivity index (χ0v) is 11.0. The van der Waals surface area contributed by atoms with E-state index in [2.05, 4.69) is 5.32 Å². The molecule has 0 bridgehead atoms. The van der Waals surface area contributed by atoms with Crippen LogP contribution in [0.3, 0.4) is 0 Å². The van der Waals surface area contributed by atoms with Crippen molar-refractivity contribution in [1.29, 1.82) is 0 Å². The monoisotopic (exact) mass is 257 g/mol. The molecule has 0 spiro atoms. The fraction of sp³-hybridized carbons (Fsp3) is 0.818. The third-order valence-electron chi connectivity index (χ3n) is 3.23. The molecular weight excluding hydrogens is 238 g/mol. The first kappa shape index (κ1) is 12.7. The number of carbonyl (C=O) groups is 2. The molecule has 2 rings (SSSR count). The zero-order chi connectivity index (χ0) is 12.3. The first-order valence-electron chi connectivity index (χ1n) is 5.99. The lowest BCUT2D eigenvalue weighted by atomic mass is 10.2. The molecular formula is C11H19N3O2S. The summed E-state index contributed by atoms with van der Waals surface area (Å²) in [4.78, 5) is 26.9. The van der Waals surface area contributed by atoms with E-state index in [4.69, 9.17) is 0 Å². The normalized spacial score (nSPS) is 26.2. The first-order chi connectivity index (χ1) is 8.16. The Morgan fingerprint density at radius 3 is 3.00 bits per heavy atom. The number of nitrogens with one attached hydrogen (secondary N) is 1. The molecule has 0 radical (unpaired) electrons. The number of hydrogen-bond donors (Lipinski definition) is 1. The molecule has 2 saturated heterocycles. The van der Waals surface area contributed by atoms with Crippen LogP contribution in [0.4, 0.5) is 0 Å². The van der Waals surface area contributed by atoms with Crippen LogP contribution < -0.4 is 5.32 Å². The second kappa shape index (κ2) is 5.73. The maximum absolute atomic E-state index is 12.0. The molecule has 1 atom stereocenters. The summed E-state index contributed by atoms with van der Waals surface area (Å²) in [7, 11) is 1.78. The van der Waals surface area contributed by atoms with Gasteiger partial charge in [0.25, 0.3) is 0 Å². The number of amides is 2. The minimum absolute atomic E-state index is 0.0376. The highest BCUT2D eigenvalue weighted by molar-refractivity contribution is 7.99. The second-order valence-electron chi connectivity index (χ2n) is 4.56. The minimum Gasteiger partial charge on any atom is -0.342 e. The number of hydrogen-bond acceptors (Lipinski definition) is 4. The van der Waals surface area contributed by atoms with Crippen LogP contribution >= 0.6 is 11.8 Å². The largest absolute Gasteiger partial charge is 0.342 e. The molecule has 1 N–H and O–H groups in total. The number of thioether (sulfide) groups is 1. The summed E-state index contributed by atoms with van der Waals surface area (Å²) in [6, 6.07) is 0.274. The van der Waals surface area contributed by atoms with Gasteiger partial charge in [-0.2, -0.15) is 11.8 Å². The van der Waals surface area contributed by atoms with Crippen molar-refractivity contribution in [3.8, 4) is 0 Å². The van der Waals surface area contributed by atoms with Crippen LogP contribution in [-0.2, 0) is 9.59 Å². The van der Waals surface area contributed by atoms with E-state index in [0.717, 1.165) is 18.1 Å². The smallest absolute Gasteiger partial charge is 0.241 e. The summed E-state index contributed by atoms with van der Waals surface area (Å²) in [6.45, 7) is 2.54. The fourth-order valence-corrected chi connectivity index (χ4v) is 3.01. The minimum atomic E-state index is 0.0376. The summed E-state index contributed by atoms with van der Waals surface area (Å²) < 4.78 is 0. The quantitative estimate of drug-likeness (QED) is 0.716. The fourth-order valence-electron chi connectivity index (χ4n) is 2.06. The Kier molecular flexibility index (Phi) is 4.28. The number of nitrogens with zero attached hydrogens (tertiary/aromatic N) is 2. The van der Waals surface area contributed by atoms with Crippen LogP contribution in [0.2, 0.25) is 0 Å². The Labute approximate surface area is 106 Å². The molecule has 2 fully saturated rings. The van der Waals surface area contributed by atoms with Gasteiger partial charge in [0.05, 0.1) is 6.54 Å². The highest BCUT2D eigenvalue weighted by atomic mass is 32.2. The van der Waals surface area contributed by atoms with E-state index in [0.29, 0.717) is 19.5 Å². The van der Waals surface area contributed by atoms with Gasteiger partial charge in [-0.15, -0.1) is 0 Å². The molecule has 5 nitrogen and oxygen atoms in total. The van der Waals surface area contributed by atoms with Gasteiger partial charge in [0.2, 0.25) is 11.8 Å². The van der Waals surface area contributed by atoms with Gasteiger partial charge in [-0.25, -0.2) is 0 Å². The molecule has 0 aromatic rings. The zero-order valence-electron chi connectivity index (χ0n) is 10.1. The molecule has 2 aliphatic rings. The lowest BCUT2D eigenvalue weighted by Crippen LogP contribution is -2.52. The van der Waals surface area contributed by atoms with Crippen LogP contribution in [-0.4, -0.2) is 72.4 Å². The molecule has 2 amide bonds. The maximum Gasteiger partial charge on any atom is 0.241 e. The summed E-state index contributed by atoms with van der Waals surface area (Å²) in [6.07, 6.45) is 0.518. The Morgan fingerprint density at radius 1 is 1.53 bits per heavy atom. The van der Waals surface area contributed by atoms with Crippen molar-refractivity contribution >= 4 is 23.6 Å². The highest BCUT2D eigenvalue weighted by Crippen LogP contribution is 2.12. The van der Waals surface area contributed by atoms with Gasteiger partial charge < -0.3 is 15.1 Å². The third kappa shape index (κ3) is 3.35. The van der Waals surface area contributed by atoms with E-state index < -0.39 is 0 Å². The average Bonchev–Trinajstić information content (AvgIpc) is 2.34. The number of piperazine rings is 1. The van der Waals surface area contributed by atoms with Crippen molar-refractivity contribution in [2.75, 3.05) is 44.7 Å². The van der Waals surface area contributed by atoms with Gasteiger partial charge in [0, 0.05) is 50.7 Å². The number of likely N-dealkylation sites (N-methyl/N-ethyl adjacent to an activating group) is 1. The molecule has 96 valence electrons. The Morgan fingerprint density at radius 2 is 2.35 bits per heavy atom. The molecule has 0 saturated carbocycles. The van der Waals surface area contributed by atoms with E-state index >= 15 is 0 Å². The predicted molar refractivity (Wildman–Crippen MR) is 67.9 cm³/mol. The van der Waals surface area contributed by atoms with Gasteiger partial charge >= 0.3 is 0 Å². The van der Waals surface area contributed by atoms with E-state index in [-0.39, 0.29) is 24.4 Å². The van der Waals surface area contributed by atoms with Crippen LogP contribution in [0.1, 0.15) is 6.42 Å². The lowest BCUT2D eigenvalue weighted by molar-refractivity contribution is -0.144. The van der Waals surface area contributed by atoms with Crippen molar-refractivity contribution < 1.29 is 9.59 Å². The van der Waals surface area contributed by atoms with E-state index in [1.165, 1.54) is 0 Å². The van der Waals surface area contributed by atoms with Gasteiger partial charge in [-0.3, -0.25) is 9.59 Å². The van der Waals surface area contributed by atoms with Gasteiger partial charge in [-0.05, 0) is 0 Å². The van der Waals surface area contributed by atoms with Crippen LogP contribution in [0.15, 0.2) is 0 Å². The van der Waals surface area contributed by atoms with Crippen LogP contribution in [0.5, 0.6) is 0 Å². The summed E-state index contributed by atoms with van der Waals surface area (Å²) in [5.74, 6) is 2.26. The van der Waals surface area contributed by atoms with Crippen molar-refractivity contribution in [1.82, 2.24) is 15.1 Å². The Bertz CT molecular complexity index is 305. The Hall–Kier alpha value is -0.750. The topological polar surface area (TPSA) is 52.6 Å². The van der Waals surface area contributed by atoms with Crippen molar-refractivity contribution in [3.05, 3.63) is 0 Å². The summed E-state index contributed by atoms with van der Waals surface area (Å²) >= 11 is 1.88. The van der Waals surface area contributed by atoms with Gasteiger partial charge in [0.1, 0.15) is 0 Å². The summed E-state index contributed by atoms with van der Waals surface area (Å²) in [5, 5.41) is 3.35. The van der Waals surface area contributed by atoms with Crippen LogP contribution in [0, 0.1) is 0 Å². The van der Waals surface area contributed by atoms with Crippen molar-refractivity contribution in [2.24, 2.45) is 0 Å². The third-order valence-corrected chi connectivity index (χ3v) is 4.36. The first-order valence-corrected chi connectivity index (χ1v) is 7.15. The Balaban J connectivity index is 1.81. The maximum atomic E-state index is 12.0. The molecule has 6 heteroatoms. The molecule has 1 unspecified atom stereocenters. The molecule has 0 aliphatic carbocycles. The molecule has 17 heavy (non-hydrogen) atoms. The van der Waals surface area contributed by atoms with E-state index in [9.17, 15) is 9.59 Å². The molecule has 0 aromatic carbocycles. The van der Waals surface area contributed by atoms with E-state index in [1.54, 1.807) is 16.8 Å². The lowest BCUT2D eigenvalue weighted by Gasteiger charge is -2.33. The SMILES string of the molecule is CN1CCN(C(=O)CC2CSCCN2)CC1=O. The van der Waals surface area contributed by atoms with Crippen molar-refractivity contribution in [2.45, 2.75) is 12.5 Å². The highest BCUT2D eigenvalue weighted by Gasteiger charge is 2.26. The predicted octanol–water partition coefficient (Wildman–Crippen LogP) is -0.618. The van der Waals surface area contributed by atoms with E-state index in [1.807, 2.05) is 11.8 Å².